The van der Waals surface area contributed by atoms with E-state index in [2.05, 4.69) is 18.8 Å². The Morgan fingerprint density at radius 1 is 1.33 bits per heavy atom. The molecule has 0 spiro atoms. The van der Waals surface area contributed by atoms with Crippen molar-refractivity contribution in [3.8, 4) is 0 Å². The first kappa shape index (κ1) is 18.7. The lowest BCUT2D eigenvalue weighted by atomic mass is 9.55. The van der Waals surface area contributed by atoms with Gasteiger partial charge >= 0.3 is 5.97 Å². The Labute approximate surface area is 161 Å². The monoisotopic (exact) mass is 371 g/mol. The molecule has 0 bridgehead atoms. The lowest BCUT2D eigenvalue weighted by Gasteiger charge is -2.50. The summed E-state index contributed by atoms with van der Waals surface area (Å²) in [4.78, 5) is 12.5. The lowest BCUT2D eigenvalue weighted by Crippen LogP contribution is -2.45. The molecule has 3 fully saturated rings. The standard InChI is InChI=1S/C23H30FNO2/c1-15-4-3-10-23(2)13-21-18(12-20(15)23)19(22(26)27-21)14-25-11-9-16-5-7-17(24)8-6-16/h5-8,18-21,25H,1,3-4,9-14H2,2H3/t18-,19+,20-,21-,23-/m1/s1. The third kappa shape index (κ3) is 3.69. The third-order valence-electron chi connectivity index (χ3n) is 7.19. The highest BCUT2D eigenvalue weighted by Crippen LogP contribution is 2.56. The van der Waals surface area contributed by atoms with Crippen LogP contribution in [0.5, 0.6) is 0 Å². The van der Waals surface area contributed by atoms with Gasteiger partial charge in [0.05, 0.1) is 5.92 Å². The van der Waals surface area contributed by atoms with Crippen molar-refractivity contribution in [1.29, 1.82) is 0 Å². The number of nitrogens with one attached hydrogen (secondary N) is 1. The molecule has 5 atom stereocenters. The number of fused-ring (bicyclic) bond motifs is 2. The summed E-state index contributed by atoms with van der Waals surface area (Å²) in [7, 11) is 0. The molecule has 0 unspecified atom stereocenters. The van der Waals surface area contributed by atoms with Crippen LogP contribution in [-0.2, 0) is 16.0 Å². The van der Waals surface area contributed by atoms with E-state index in [0.29, 0.717) is 18.4 Å². The van der Waals surface area contributed by atoms with Crippen molar-refractivity contribution in [2.24, 2.45) is 23.2 Å². The van der Waals surface area contributed by atoms with Crippen LogP contribution >= 0.6 is 0 Å². The number of ether oxygens (including phenoxy) is 1. The van der Waals surface area contributed by atoms with Crippen LogP contribution in [0.1, 0.15) is 44.6 Å². The van der Waals surface area contributed by atoms with Gasteiger partial charge in [-0.15, -0.1) is 0 Å². The molecule has 1 N–H and O–H groups in total. The summed E-state index contributed by atoms with van der Waals surface area (Å²) in [5, 5.41) is 3.43. The number of hydrogen-bond acceptors (Lipinski definition) is 3. The van der Waals surface area contributed by atoms with Gasteiger partial charge in [-0.05, 0) is 74.1 Å². The van der Waals surface area contributed by atoms with Crippen molar-refractivity contribution < 1.29 is 13.9 Å². The van der Waals surface area contributed by atoms with E-state index in [0.717, 1.165) is 37.8 Å². The number of hydrogen-bond donors (Lipinski definition) is 1. The zero-order valence-corrected chi connectivity index (χ0v) is 16.2. The van der Waals surface area contributed by atoms with Gasteiger partial charge in [-0.3, -0.25) is 4.79 Å². The second-order valence-electron chi connectivity index (χ2n) is 8.98. The third-order valence-corrected chi connectivity index (χ3v) is 7.19. The molecule has 3 aliphatic rings. The molecule has 2 aliphatic carbocycles. The fourth-order valence-corrected chi connectivity index (χ4v) is 5.63. The van der Waals surface area contributed by atoms with Gasteiger partial charge in [-0.25, -0.2) is 4.39 Å². The van der Waals surface area contributed by atoms with Gasteiger partial charge in [-0.2, -0.15) is 0 Å². The van der Waals surface area contributed by atoms with Crippen LogP contribution in [0.25, 0.3) is 0 Å². The van der Waals surface area contributed by atoms with Crippen molar-refractivity contribution in [3.05, 3.63) is 47.8 Å². The van der Waals surface area contributed by atoms with E-state index in [4.69, 9.17) is 4.74 Å². The Hall–Kier alpha value is -1.68. The minimum atomic E-state index is -0.208. The van der Waals surface area contributed by atoms with Gasteiger partial charge in [-0.1, -0.05) is 31.2 Å². The zero-order valence-electron chi connectivity index (χ0n) is 16.2. The Kier molecular flexibility index (Phi) is 5.11. The summed E-state index contributed by atoms with van der Waals surface area (Å²) in [5.41, 5.74) is 2.73. The minimum Gasteiger partial charge on any atom is -0.462 e. The number of benzene rings is 1. The number of esters is 1. The summed E-state index contributed by atoms with van der Waals surface area (Å²) < 4.78 is 18.8. The average molecular weight is 371 g/mol. The quantitative estimate of drug-likeness (QED) is 0.477. The van der Waals surface area contributed by atoms with Gasteiger partial charge < -0.3 is 10.1 Å². The molecule has 1 aliphatic heterocycles. The zero-order chi connectivity index (χ0) is 19.0. The summed E-state index contributed by atoms with van der Waals surface area (Å²) in [6.45, 7) is 8.15. The highest BCUT2D eigenvalue weighted by molar-refractivity contribution is 5.75. The predicted octanol–water partition coefficient (Wildman–Crippen LogP) is 4.27. The molecular formula is C23H30FNO2. The van der Waals surface area contributed by atoms with E-state index in [-0.39, 0.29) is 29.2 Å². The van der Waals surface area contributed by atoms with E-state index >= 15 is 0 Å². The highest BCUT2D eigenvalue weighted by Gasteiger charge is 2.54. The Balaban J connectivity index is 1.34. The fourth-order valence-electron chi connectivity index (χ4n) is 5.63. The van der Waals surface area contributed by atoms with E-state index in [1.54, 1.807) is 0 Å². The number of carbonyl (C=O) groups is 1. The molecule has 4 rings (SSSR count). The summed E-state index contributed by atoms with van der Waals surface area (Å²) in [5.74, 6) is 0.544. The molecule has 1 aromatic rings. The average Bonchev–Trinajstić information content (AvgIpc) is 2.92. The van der Waals surface area contributed by atoms with Gasteiger partial charge in [0.2, 0.25) is 0 Å². The van der Waals surface area contributed by atoms with Crippen LogP contribution in [0.4, 0.5) is 4.39 Å². The summed E-state index contributed by atoms with van der Waals surface area (Å²) in [6, 6.07) is 6.61. The number of allylic oxidation sites excluding steroid dienone is 1. The van der Waals surface area contributed by atoms with Crippen LogP contribution in [0, 0.1) is 29.0 Å². The van der Waals surface area contributed by atoms with Crippen LogP contribution in [0.15, 0.2) is 36.4 Å². The van der Waals surface area contributed by atoms with E-state index < -0.39 is 0 Å². The molecule has 0 aromatic heterocycles. The first-order valence-electron chi connectivity index (χ1n) is 10.3. The molecule has 4 heteroatoms. The summed E-state index contributed by atoms with van der Waals surface area (Å²) in [6.07, 6.45) is 6.49. The second kappa shape index (κ2) is 7.38. The molecule has 2 saturated carbocycles. The van der Waals surface area contributed by atoms with E-state index in [1.807, 2.05) is 12.1 Å². The molecule has 0 radical (unpaired) electrons. The van der Waals surface area contributed by atoms with Gasteiger partial charge in [0.1, 0.15) is 11.9 Å². The van der Waals surface area contributed by atoms with Crippen molar-refractivity contribution in [2.75, 3.05) is 13.1 Å². The predicted molar refractivity (Wildman–Crippen MR) is 104 cm³/mol. The van der Waals surface area contributed by atoms with Crippen LogP contribution in [0.3, 0.4) is 0 Å². The molecule has 146 valence electrons. The number of rotatable bonds is 5. The maximum absolute atomic E-state index is 13.0. The van der Waals surface area contributed by atoms with E-state index in [1.165, 1.54) is 30.5 Å². The maximum Gasteiger partial charge on any atom is 0.310 e. The van der Waals surface area contributed by atoms with E-state index in [9.17, 15) is 9.18 Å². The Morgan fingerprint density at radius 2 is 2.11 bits per heavy atom. The number of carbonyl (C=O) groups excluding carboxylic acids is 1. The van der Waals surface area contributed by atoms with Gasteiger partial charge in [0.25, 0.3) is 0 Å². The second-order valence-corrected chi connectivity index (χ2v) is 8.98. The highest BCUT2D eigenvalue weighted by atomic mass is 19.1. The van der Waals surface area contributed by atoms with Crippen LogP contribution in [-0.4, -0.2) is 25.2 Å². The first-order chi connectivity index (χ1) is 13.0. The Bertz CT molecular complexity index is 716. The van der Waals surface area contributed by atoms with Crippen molar-refractivity contribution in [2.45, 2.75) is 51.6 Å². The van der Waals surface area contributed by atoms with Gasteiger partial charge in [0.15, 0.2) is 0 Å². The van der Waals surface area contributed by atoms with Gasteiger partial charge in [0, 0.05) is 12.5 Å². The Morgan fingerprint density at radius 3 is 2.89 bits per heavy atom. The maximum atomic E-state index is 13.0. The van der Waals surface area contributed by atoms with Crippen molar-refractivity contribution in [3.63, 3.8) is 0 Å². The normalized spacial score (nSPS) is 35.5. The summed E-state index contributed by atoms with van der Waals surface area (Å²) >= 11 is 0. The molecule has 1 aromatic carbocycles. The van der Waals surface area contributed by atoms with Crippen molar-refractivity contribution in [1.82, 2.24) is 5.32 Å². The molecule has 1 heterocycles. The topological polar surface area (TPSA) is 38.3 Å². The van der Waals surface area contributed by atoms with Crippen LogP contribution < -0.4 is 5.32 Å². The fraction of sp³-hybridized carbons (Fsp3) is 0.609. The molecule has 3 nitrogen and oxygen atoms in total. The lowest BCUT2D eigenvalue weighted by molar-refractivity contribution is -0.146. The molecule has 1 saturated heterocycles. The smallest absolute Gasteiger partial charge is 0.310 e. The first-order valence-corrected chi connectivity index (χ1v) is 10.3. The van der Waals surface area contributed by atoms with Crippen LogP contribution in [0.2, 0.25) is 0 Å². The molecular weight excluding hydrogens is 341 g/mol. The minimum absolute atomic E-state index is 0.0351. The number of halogens is 1. The molecule has 0 amide bonds. The SMILES string of the molecule is C=C1CCC[C@]2(C)C[C@H]3OC(=O)[C@@H](CNCCc4ccc(F)cc4)[C@H]3C[C@H]12. The van der Waals surface area contributed by atoms with Crippen molar-refractivity contribution >= 4 is 5.97 Å². The molecule has 27 heavy (non-hydrogen) atoms. The largest absolute Gasteiger partial charge is 0.462 e.